The van der Waals surface area contributed by atoms with Crippen molar-refractivity contribution < 1.29 is 27.8 Å². The lowest BCUT2D eigenvalue weighted by Gasteiger charge is -2.47. The number of nitrogens with zero attached hydrogens (tertiary/aromatic N) is 4. The normalized spacial score (nSPS) is 21.2. The maximum absolute atomic E-state index is 15.3. The zero-order chi connectivity index (χ0) is 38.8. The summed E-state index contributed by atoms with van der Waals surface area (Å²) in [6.07, 6.45) is 0. The average Bonchev–Trinajstić information content (AvgIpc) is 3.34. The first-order chi connectivity index (χ1) is 24.9. The molecule has 2 atom stereocenters. The van der Waals surface area contributed by atoms with Crippen LogP contribution in [0.15, 0.2) is 70.6 Å². The molecule has 0 saturated carbocycles. The van der Waals surface area contributed by atoms with Crippen LogP contribution in [0.1, 0.15) is 58.2 Å². The average molecular weight is 808 g/mol. The maximum atomic E-state index is 15.3. The minimum Gasteiger partial charge on any atom is -0.493 e. The number of amidine groups is 1. The summed E-state index contributed by atoms with van der Waals surface area (Å²) in [4.78, 5) is 26.4. The van der Waals surface area contributed by atoms with Crippen LogP contribution in [0.4, 0.5) is 4.79 Å². The van der Waals surface area contributed by atoms with Crippen LogP contribution in [0.5, 0.6) is 5.75 Å². The first-order valence-electron chi connectivity index (χ1n) is 17.8. The van der Waals surface area contributed by atoms with E-state index in [1.807, 2.05) is 65.8 Å². The summed E-state index contributed by atoms with van der Waals surface area (Å²) in [5.74, 6) is 0.398. The van der Waals surface area contributed by atoms with Gasteiger partial charge >= 0.3 is 6.03 Å². The third-order valence-electron chi connectivity index (χ3n) is 9.90. The highest BCUT2D eigenvalue weighted by Gasteiger charge is 2.60. The van der Waals surface area contributed by atoms with Gasteiger partial charge in [0.1, 0.15) is 22.7 Å². The number of ether oxygens (including phenoxy) is 2. The number of aliphatic hydroxyl groups is 1. The molecule has 0 bridgehead atoms. The number of hydrogen-bond donors (Lipinski definition) is 1. The molecule has 288 valence electrons. The van der Waals surface area contributed by atoms with Crippen LogP contribution < -0.4 is 4.74 Å². The van der Waals surface area contributed by atoms with Crippen molar-refractivity contribution in [1.82, 2.24) is 14.7 Å². The van der Waals surface area contributed by atoms with Gasteiger partial charge in [-0.25, -0.2) is 13.2 Å². The highest BCUT2D eigenvalue weighted by atomic mass is 35.5. The van der Waals surface area contributed by atoms with Gasteiger partial charge in [-0.1, -0.05) is 79.8 Å². The van der Waals surface area contributed by atoms with Gasteiger partial charge in [-0.15, -0.1) is 0 Å². The lowest BCUT2D eigenvalue weighted by Crippen LogP contribution is -2.60. The molecule has 3 aromatic rings. The molecule has 2 aliphatic rings. The van der Waals surface area contributed by atoms with Crippen LogP contribution in [0, 0.1) is 5.41 Å². The summed E-state index contributed by atoms with van der Waals surface area (Å²) in [6.45, 7) is 15.1. The number of rotatable bonds is 12. The molecule has 10 nitrogen and oxygen atoms in total. The number of halogens is 3. The van der Waals surface area contributed by atoms with Crippen molar-refractivity contribution in [2.45, 2.75) is 57.5 Å². The van der Waals surface area contributed by atoms with E-state index < -0.39 is 26.3 Å². The SMILES string of the molecule is CCOc1cc(Cl)c(S(=O)(=O)CC(C)(C)C)cc1C1=N[C@@](C)(c2ccc(Cl)cc2)[C@@](C)(c2ccc(Cl)cc2)N1C(=O)N1CCN(CCOCCO)CC1. The van der Waals surface area contributed by atoms with Gasteiger partial charge in [0.2, 0.25) is 0 Å². The van der Waals surface area contributed by atoms with Crippen molar-refractivity contribution in [3.63, 3.8) is 0 Å². The number of piperazine rings is 1. The molecular formula is C39H49Cl3N4O6S. The Morgan fingerprint density at radius 2 is 1.49 bits per heavy atom. The van der Waals surface area contributed by atoms with Crippen LogP contribution in [0.2, 0.25) is 15.1 Å². The molecule has 2 heterocycles. The van der Waals surface area contributed by atoms with E-state index in [0.717, 1.165) is 11.1 Å². The van der Waals surface area contributed by atoms with Crippen molar-refractivity contribution in [1.29, 1.82) is 0 Å². The van der Waals surface area contributed by atoms with E-state index in [2.05, 4.69) is 4.90 Å². The molecule has 14 heteroatoms. The fourth-order valence-electron chi connectivity index (χ4n) is 7.10. The Kier molecular flexibility index (Phi) is 12.8. The van der Waals surface area contributed by atoms with Gasteiger partial charge in [0, 0.05) is 48.8 Å². The molecule has 0 aliphatic carbocycles. The van der Waals surface area contributed by atoms with Crippen molar-refractivity contribution in [3.8, 4) is 5.75 Å². The Hall–Kier alpha value is -2.90. The van der Waals surface area contributed by atoms with Gasteiger partial charge in [-0.2, -0.15) is 0 Å². The van der Waals surface area contributed by atoms with Crippen LogP contribution >= 0.6 is 34.8 Å². The number of sulfone groups is 1. The summed E-state index contributed by atoms with van der Waals surface area (Å²) in [5, 5.41) is 10.2. The molecule has 0 unspecified atom stereocenters. The zero-order valence-corrected chi connectivity index (χ0v) is 34.2. The molecule has 1 saturated heterocycles. The van der Waals surface area contributed by atoms with Gasteiger partial charge in [0.25, 0.3) is 0 Å². The predicted molar refractivity (Wildman–Crippen MR) is 211 cm³/mol. The molecule has 2 amide bonds. The first kappa shape index (κ1) is 41.3. The fraction of sp³-hybridized carbons (Fsp3) is 0.487. The van der Waals surface area contributed by atoms with Crippen molar-refractivity contribution in [3.05, 3.63) is 92.4 Å². The van der Waals surface area contributed by atoms with Gasteiger partial charge in [0.15, 0.2) is 9.84 Å². The van der Waals surface area contributed by atoms with E-state index in [9.17, 15) is 8.42 Å². The zero-order valence-electron chi connectivity index (χ0n) is 31.2. The number of amides is 2. The Labute approximate surface area is 328 Å². The van der Waals surface area contributed by atoms with E-state index in [0.29, 0.717) is 60.7 Å². The third-order valence-corrected chi connectivity index (χ3v) is 13.1. The molecule has 1 fully saturated rings. The number of carbonyl (C=O) groups is 1. The van der Waals surface area contributed by atoms with Crippen LogP contribution in [-0.2, 0) is 25.7 Å². The Morgan fingerprint density at radius 1 is 0.906 bits per heavy atom. The van der Waals surface area contributed by atoms with Crippen LogP contribution in [0.3, 0.4) is 0 Å². The molecule has 0 spiro atoms. The molecule has 2 aliphatic heterocycles. The van der Waals surface area contributed by atoms with Crippen molar-refractivity contribution >= 4 is 56.5 Å². The monoisotopic (exact) mass is 806 g/mol. The highest BCUT2D eigenvalue weighted by molar-refractivity contribution is 7.91. The minimum absolute atomic E-state index is 0.0259. The van der Waals surface area contributed by atoms with E-state index in [1.165, 1.54) is 12.1 Å². The molecule has 1 N–H and O–H groups in total. The second kappa shape index (κ2) is 16.5. The molecule has 0 aromatic heterocycles. The number of aliphatic hydroxyl groups excluding tert-OH is 1. The lowest BCUT2D eigenvalue weighted by molar-refractivity contribution is 0.0549. The van der Waals surface area contributed by atoms with E-state index in [-0.39, 0.29) is 47.4 Å². The number of carbonyl (C=O) groups excluding carboxylic acids is 1. The Bertz CT molecular complexity index is 1910. The van der Waals surface area contributed by atoms with Crippen LogP contribution in [-0.4, -0.2) is 105 Å². The predicted octanol–water partition coefficient (Wildman–Crippen LogP) is 7.50. The van der Waals surface area contributed by atoms with E-state index in [4.69, 9.17) is 54.4 Å². The van der Waals surface area contributed by atoms with Crippen molar-refractivity contribution in [2.75, 3.05) is 64.9 Å². The van der Waals surface area contributed by atoms with Gasteiger partial charge in [-0.3, -0.25) is 14.8 Å². The largest absolute Gasteiger partial charge is 0.493 e. The molecule has 5 rings (SSSR count). The quantitative estimate of drug-likeness (QED) is 0.189. The smallest absolute Gasteiger partial charge is 0.326 e. The standard InChI is InChI=1S/C39H49Cl3N4O6S/c1-7-52-33-25-32(42)34(53(49,50)26-37(2,3)4)24-31(33)35-43-38(5,27-8-12-29(40)13-9-27)39(6,28-10-14-30(41)15-11-28)46(35)36(48)45-18-16-44(17-19-45)20-22-51-23-21-47/h8-15,24-25,47H,7,16-23,26H2,1-6H3/t38-,39+/m0/s1. The Balaban J connectivity index is 1.73. The molecular weight excluding hydrogens is 759 g/mol. The molecule has 0 radical (unpaired) electrons. The molecule has 3 aromatic carbocycles. The second-order valence-electron chi connectivity index (χ2n) is 14.9. The first-order valence-corrected chi connectivity index (χ1v) is 20.6. The summed E-state index contributed by atoms with van der Waals surface area (Å²) in [7, 11) is -3.89. The second-order valence-corrected chi connectivity index (χ2v) is 18.1. The summed E-state index contributed by atoms with van der Waals surface area (Å²) >= 11 is 19.5. The van der Waals surface area contributed by atoms with Gasteiger partial charge < -0.3 is 19.5 Å². The summed E-state index contributed by atoms with van der Waals surface area (Å²) in [5.41, 5.74) is -0.988. The highest BCUT2D eigenvalue weighted by Crippen LogP contribution is 2.54. The molecule has 53 heavy (non-hydrogen) atoms. The van der Waals surface area contributed by atoms with E-state index >= 15 is 4.79 Å². The summed E-state index contributed by atoms with van der Waals surface area (Å²) < 4.78 is 39.6. The fourth-order valence-corrected chi connectivity index (χ4v) is 9.81. The number of urea groups is 1. The van der Waals surface area contributed by atoms with Crippen molar-refractivity contribution in [2.24, 2.45) is 10.4 Å². The lowest BCUT2D eigenvalue weighted by atomic mass is 9.71. The number of benzene rings is 3. The van der Waals surface area contributed by atoms with Crippen LogP contribution in [0.25, 0.3) is 0 Å². The maximum Gasteiger partial charge on any atom is 0.326 e. The summed E-state index contributed by atoms with van der Waals surface area (Å²) in [6, 6.07) is 17.4. The van der Waals surface area contributed by atoms with E-state index in [1.54, 1.807) is 34.1 Å². The van der Waals surface area contributed by atoms with Gasteiger partial charge in [-0.05, 0) is 67.6 Å². The van der Waals surface area contributed by atoms with Gasteiger partial charge in [0.05, 0.1) is 47.7 Å². The number of hydrogen-bond acceptors (Lipinski definition) is 8. The third kappa shape index (κ3) is 8.67. The Morgan fingerprint density at radius 3 is 2.04 bits per heavy atom. The minimum atomic E-state index is -3.89. The topological polar surface area (TPSA) is 112 Å². The number of aliphatic imine (C=N–C) groups is 1.